The van der Waals surface area contributed by atoms with E-state index in [0.717, 1.165) is 0 Å². The van der Waals surface area contributed by atoms with Gasteiger partial charge in [0.1, 0.15) is 17.0 Å². The summed E-state index contributed by atoms with van der Waals surface area (Å²) in [6.07, 6.45) is 1.30. The summed E-state index contributed by atoms with van der Waals surface area (Å²) in [6.45, 7) is 2.27. The molecular weight excluding hydrogens is 270 g/mol. The molecule has 100 valence electrons. The lowest BCUT2D eigenvalue weighted by Gasteiger charge is -2.14. The molecule has 0 aliphatic rings. The van der Waals surface area contributed by atoms with Gasteiger partial charge in [0.15, 0.2) is 0 Å². The summed E-state index contributed by atoms with van der Waals surface area (Å²) in [4.78, 5) is 31.8. The molecule has 0 unspecified atom stereocenters. The van der Waals surface area contributed by atoms with Crippen molar-refractivity contribution in [3.8, 4) is 0 Å². The maximum absolute atomic E-state index is 12.3. The van der Waals surface area contributed by atoms with Crippen molar-refractivity contribution in [1.82, 2.24) is 19.9 Å². The van der Waals surface area contributed by atoms with E-state index in [2.05, 4.69) is 15.3 Å². The number of hydrogen-bond donors (Lipinski definition) is 2. The summed E-state index contributed by atoms with van der Waals surface area (Å²) in [5, 5.41) is 2.61. The number of hydrogen-bond acceptors (Lipinski definition) is 5. The van der Waals surface area contributed by atoms with Gasteiger partial charge in [0.25, 0.3) is 5.91 Å². The van der Waals surface area contributed by atoms with Crippen LogP contribution in [0.5, 0.6) is 0 Å². The smallest absolute Gasteiger partial charge is 0.258 e. The molecule has 0 saturated carbocycles. The number of anilines is 1. The Labute approximate surface area is 113 Å². The maximum Gasteiger partial charge on any atom is 0.258 e. The normalized spacial score (nSPS) is 10.7. The van der Waals surface area contributed by atoms with E-state index in [0.29, 0.717) is 12.2 Å². The Balaban J connectivity index is 2.98. The van der Waals surface area contributed by atoms with E-state index < -0.39 is 11.3 Å². The number of pyridine rings is 1. The van der Waals surface area contributed by atoms with Crippen molar-refractivity contribution < 1.29 is 4.79 Å². The molecule has 0 atom stereocenters. The monoisotopic (exact) mass is 281 g/mol. The average molecular weight is 282 g/mol. The van der Waals surface area contributed by atoms with Crippen molar-refractivity contribution in [3.63, 3.8) is 0 Å². The van der Waals surface area contributed by atoms with Crippen LogP contribution in [0, 0.1) is 0 Å². The minimum Gasteiger partial charge on any atom is -0.384 e. The fraction of sp³-hybridized carbons (Fsp3) is 0.273. The van der Waals surface area contributed by atoms with Gasteiger partial charge in [-0.15, -0.1) is 0 Å². The van der Waals surface area contributed by atoms with E-state index in [1.165, 1.54) is 13.2 Å². The Kier molecular flexibility index (Phi) is 3.39. The number of fused-ring (bicyclic) bond motifs is 1. The molecule has 0 bridgehead atoms. The first kappa shape index (κ1) is 13.3. The highest BCUT2D eigenvalue weighted by Crippen LogP contribution is 2.17. The van der Waals surface area contributed by atoms with Crippen LogP contribution in [0.3, 0.4) is 0 Å². The van der Waals surface area contributed by atoms with Crippen molar-refractivity contribution in [2.24, 2.45) is 0 Å². The van der Waals surface area contributed by atoms with Crippen LogP contribution in [0.25, 0.3) is 11.0 Å². The predicted octanol–water partition coefficient (Wildman–Crippen LogP) is 0.407. The number of halogens is 1. The average Bonchev–Trinajstić information content (AvgIpc) is 2.38. The summed E-state index contributed by atoms with van der Waals surface area (Å²) in [7, 11) is 1.43. The van der Waals surface area contributed by atoms with Crippen LogP contribution in [0.4, 0.5) is 5.82 Å². The van der Waals surface area contributed by atoms with Crippen LogP contribution in [-0.4, -0.2) is 27.5 Å². The summed E-state index contributed by atoms with van der Waals surface area (Å²) in [6, 6.07) is 0. The van der Waals surface area contributed by atoms with Crippen molar-refractivity contribution in [3.05, 3.63) is 27.3 Å². The van der Waals surface area contributed by atoms with Crippen LogP contribution in [0.2, 0.25) is 5.28 Å². The minimum atomic E-state index is -0.540. The fourth-order valence-electron chi connectivity index (χ4n) is 1.88. The van der Waals surface area contributed by atoms with Gasteiger partial charge < -0.3 is 15.6 Å². The largest absolute Gasteiger partial charge is 0.384 e. The Morgan fingerprint density at radius 2 is 2.26 bits per heavy atom. The number of nitrogens with one attached hydrogen (secondary N) is 1. The number of nitrogens with zero attached hydrogens (tertiary/aromatic N) is 3. The molecule has 8 heteroatoms. The molecule has 2 aromatic rings. The Bertz CT molecular complexity index is 725. The minimum absolute atomic E-state index is 0.0150. The molecule has 2 heterocycles. The van der Waals surface area contributed by atoms with Crippen molar-refractivity contribution in [1.29, 1.82) is 0 Å². The van der Waals surface area contributed by atoms with Gasteiger partial charge in [-0.05, 0) is 18.5 Å². The quantitative estimate of drug-likeness (QED) is 0.776. The van der Waals surface area contributed by atoms with Gasteiger partial charge in [-0.25, -0.2) is 4.98 Å². The standard InChI is InChI=1S/C11H12ClN5O2/c1-3-17-8(13)6(10(19)14-2)7(18)5-4-15-11(12)16-9(5)17/h4H,3,13H2,1-2H3,(H,14,19). The van der Waals surface area contributed by atoms with Crippen LogP contribution < -0.4 is 16.5 Å². The lowest BCUT2D eigenvalue weighted by atomic mass is 10.1. The molecule has 0 spiro atoms. The molecule has 0 aromatic carbocycles. The number of carbonyl (C=O) groups excluding carboxylic acids is 1. The first-order chi connectivity index (χ1) is 9.01. The first-order valence-corrected chi connectivity index (χ1v) is 5.95. The SMILES string of the molecule is CCn1c(N)c(C(=O)NC)c(=O)c2cnc(Cl)nc21. The second-order valence-corrected chi connectivity index (χ2v) is 4.13. The number of nitrogen functional groups attached to an aromatic ring is 1. The molecular formula is C11H12ClN5O2. The van der Waals surface area contributed by atoms with Crippen LogP contribution in [0.1, 0.15) is 17.3 Å². The van der Waals surface area contributed by atoms with Crippen molar-refractivity contribution in [2.45, 2.75) is 13.5 Å². The van der Waals surface area contributed by atoms with Crippen LogP contribution in [-0.2, 0) is 6.54 Å². The van der Waals surface area contributed by atoms with E-state index in [1.807, 2.05) is 6.92 Å². The van der Waals surface area contributed by atoms with E-state index in [-0.39, 0.29) is 22.1 Å². The maximum atomic E-state index is 12.3. The molecule has 1 amide bonds. The van der Waals surface area contributed by atoms with Gasteiger partial charge in [-0.3, -0.25) is 9.59 Å². The molecule has 7 nitrogen and oxygen atoms in total. The van der Waals surface area contributed by atoms with Gasteiger partial charge in [-0.2, -0.15) is 4.98 Å². The molecule has 0 radical (unpaired) electrons. The van der Waals surface area contributed by atoms with Gasteiger partial charge in [-0.1, -0.05) is 0 Å². The Morgan fingerprint density at radius 3 is 2.84 bits per heavy atom. The van der Waals surface area contributed by atoms with Gasteiger partial charge in [0, 0.05) is 19.8 Å². The third-order valence-corrected chi connectivity index (χ3v) is 2.97. The summed E-state index contributed by atoms with van der Waals surface area (Å²) in [5.74, 6) is -0.476. The number of aryl methyl sites for hydroxylation is 1. The zero-order valence-electron chi connectivity index (χ0n) is 10.4. The van der Waals surface area contributed by atoms with Gasteiger partial charge in [0.05, 0.1) is 5.39 Å². The molecule has 0 aliphatic carbocycles. The van der Waals surface area contributed by atoms with E-state index in [4.69, 9.17) is 17.3 Å². The Hall–Kier alpha value is -2.15. The summed E-state index contributed by atoms with van der Waals surface area (Å²) >= 11 is 5.72. The van der Waals surface area contributed by atoms with Crippen LogP contribution >= 0.6 is 11.6 Å². The molecule has 0 aliphatic heterocycles. The molecule has 0 fully saturated rings. The summed E-state index contributed by atoms with van der Waals surface area (Å²) < 4.78 is 1.55. The predicted molar refractivity (Wildman–Crippen MR) is 72.3 cm³/mol. The molecule has 3 N–H and O–H groups in total. The highest BCUT2D eigenvalue weighted by molar-refractivity contribution is 6.28. The Morgan fingerprint density at radius 1 is 1.58 bits per heavy atom. The number of aromatic nitrogens is 3. The second kappa shape index (κ2) is 4.85. The van der Waals surface area contributed by atoms with E-state index in [9.17, 15) is 9.59 Å². The summed E-state index contributed by atoms with van der Waals surface area (Å²) in [5.41, 5.74) is 5.59. The number of carbonyl (C=O) groups is 1. The van der Waals surface area contributed by atoms with E-state index >= 15 is 0 Å². The topological polar surface area (TPSA) is 103 Å². The van der Waals surface area contributed by atoms with E-state index in [1.54, 1.807) is 4.57 Å². The number of amides is 1. The zero-order chi connectivity index (χ0) is 14.2. The lowest BCUT2D eigenvalue weighted by Crippen LogP contribution is -2.30. The number of rotatable bonds is 2. The molecule has 2 rings (SSSR count). The fourth-order valence-corrected chi connectivity index (χ4v) is 2.01. The van der Waals surface area contributed by atoms with Crippen molar-refractivity contribution >= 4 is 34.4 Å². The second-order valence-electron chi connectivity index (χ2n) is 3.79. The van der Waals surface area contributed by atoms with Gasteiger partial charge >= 0.3 is 0 Å². The molecule has 2 aromatic heterocycles. The van der Waals surface area contributed by atoms with Crippen LogP contribution in [0.15, 0.2) is 11.0 Å². The first-order valence-electron chi connectivity index (χ1n) is 5.57. The third-order valence-electron chi connectivity index (χ3n) is 2.78. The van der Waals surface area contributed by atoms with Gasteiger partial charge in [0.2, 0.25) is 10.7 Å². The third kappa shape index (κ3) is 2.01. The highest BCUT2D eigenvalue weighted by atomic mass is 35.5. The van der Waals surface area contributed by atoms with Crippen molar-refractivity contribution in [2.75, 3.05) is 12.8 Å². The number of nitrogens with two attached hydrogens (primary N) is 1. The lowest BCUT2D eigenvalue weighted by molar-refractivity contribution is 0.0962. The zero-order valence-corrected chi connectivity index (χ0v) is 11.2. The highest BCUT2D eigenvalue weighted by Gasteiger charge is 2.20. The molecule has 0 saturated heterocycles. The molecule has 19 heavy (non-hydrogen) atoms.